The minimum absolute atomic E-state index is 0. The fourth-order valence-corrected chi connectivity index (χ4v) is 20.9. The van der Waals surface area contributed by atoms with Crippen LogP contribution in [0.3, 0.4) is 0 Å². The summed E-state index contributed by atoms with van der Waals surface area (Å²) in [4.78, 5) is 136. The molecule has 2 unspecified atom stereocenters. The first-order valence-electron chi connectivity index (χ1n) is 46.9. The number of fused-ring (bicyclic) bond motifs is 17. The Hall–Kier alpha value is -8.75. The van der Waals surface area contributed by atoms with Crippen LogP contribution in [-0.4, -0.2) is 198 Å². The number of rotatable bonds is 7. The maximum atomic E-state index is 16.1. The Morgan fingerprint density at radius 1 is 0.441 bits per heavy atom. The molecule has 4 aliphatic carbocycles. The number of alkyl halides is 6. The van der Waals surface area contributed by atoms with Crippen LogP contribution in [0, 0.1) is 63.6 Å². The first-order chi connectivity index (χ1) is 62.8. The maximum Gasteiger partial charge on any atom is 0.408 e. The molecule has 4 saturated carbocycles. The molecule has 7 fully saturated rings. The number of methoxy groups -OCH3 is 3. The Morgan fingerprint density at radius 3 is 1.21 bits per heavy atom. The molecule has 6 amide bonds. The van der Waals surface area contributed by atoms with E-state index in [4.69, 9.17) is 42.6 Å². The van der Waals surface area contributed by atoms with Gasteiger partial charge in [-0.3, -0.25) is 14.4 Å². The van der Waals surface area contributed by atoms with Gasteiger partial charge in [-0.05, 0) is 196 Å². The summed E-state index contributed by atoms with van der Waals surface area (Å²) < 4.78 is 148. The van der Waals surface area contributed by atoms with Gasteiger partial charge in [-0.1, -0.05) is 127 Å². The minimum atomic E-state index is -3.25. The molecule has 3 N–H and O–H groups in total. The third kappa shape index (κ3) is 23.6. The summed E-state index contributed by atoms with van der Waals surface area (Å²) in [5.41, 5.74) is -2.64. The molecule has 10 aliphatic rings. The first-order valence-corrected chi connectivity index (χ1v) is 46.9. The number of aromatic nitrogens is 3. The minimum Gasteiger partial charge on any atom is -0.540 e. The topological polar surface area (TPSA) is 321 Å². The normalized spacial score (nSPS) is 30.8. The summed E-state index contributed by atoms with van der Waals surface area (Å²) in [6.07, 6.45) is 9.07. The van der Waals surface area contributed by atoms with E-state index in [2.05, 4.69) is 30.9 Å². The SMILES string of the molecule is CC[C@@H]1[C@@H]2CN(C(=O)[C@H](C(C)(C)C)NC(=O)O[C@@H]3CCC[C@H]3CCCCC(F)(F)c3cc4ccc(OC)cc4nc3O2)[C@@H]1[C-]=O.COc1ccc2cc3c(nc2c1)O[C@H]1CN(C(=O)[C@H](C(C)(C)C)NC(=O)O[C@@H]2CC4CC4[C@H]2CCCCC3(F)F)[C@H]([C-]=O)[C@@H]1C.COc1ccc2cc3c(nc2c1)O[C@H]1CN(C(=O)[C@H](C(C)(C)C)NC(=O)O[C@]2(C)C[C@H]2CCCCC3(F)F)[C@H]([C-]=O)[C@@H]1C.[HH].[V].[V].[V]. The molecule has 6 aliphatic heterocycles. The van der Waals surface area contributed by atoms with Crippen molar-refractivity contribution >= 4 is 87.6 Å². The van der Waals surface area contributed by atoms with Crippen LogP contribution >= 0.6 is 0 Å². The molecule has 3 aromatic heterocycles. The van der Waals surface area contributed by atoms with Crippen molar-refractivity contribution in [3.63, 3.8) is 0 Å². The van der Waals surface area contributed by atoms with E-state index in [-0.39, 0.29) is 160 Å². The summed E-state index contributed by atoms with van der Waals surface area (Å²) in [6.45, 7) is 23.2. The van der Waals surface area contributed by atoms with Gasteiger partial charge in [-0.2, -0.15) is 0 Å². The van der Waals surface area contributed by atoms with Gasteiger partial charge in [0.1, 0.15) is 71.5 Å². The fraction of sp³-hybridized carbons (Fsp3) is 0.640. The molecule has 27 nitrogen and oxygen atoms in total. The number of pyridine rings is 3. The van der Waals surface area contributed by atoms with Crippen LogP contribution in [0.5, 0.6) is 34.9 Å². The Balaban J connectivity index is 0.000000209. The molecule has 9 heterocycles. The average Bonchev–Trinajstić information content (AvgIpc) is 1.59. The largest absolute Gasteiger partial charge is 0.540 e. The maximum absolute atomic E-state index is 16.1. The number of nitrogens with one attached hydrogen (secondary N) is 3. The number of alkyl carbamates (subject to hydrolysis) is 3. The summed E-state index contributed by atoms with van der Waals surface area (Å²) in [7, 11) is 4.53. The number of benzene rings is 3. The first kappa shape index (κ1) is 108. The second-order valence-electron chi connectivity index (χ2n) is 41.5. The summed E-state index contributed by atoms with van der Waals surface area (Å²) in [5.74, 6) is -11.0. The molecule has 741 valence electrons. The molecule has 20 atom stereocenters. The van der Waals surface area contributed by atoms with Gasteiger partial charge in [0.25, 0.3) is 17.8 Å². The van der Waals surface area contributed by atoms with Crippen LogP contribution < -0.4 is 44.4 Å². The zero-order valence-electron chi connectivity index (χ0n) is 80.1. The van der Waals surface area contributed by atoms with Gasteiger partial charge in [0.05, 0.1) is 74.2 Å². The molecule has 3 saturated heterocycles. The molecule has 36 heteroatoms. The van der Waals surface area contributed by atoms with Gasteiger partial charge in [-0.15, -0.1) is 0 Å². The van der Waals surface area contributed by atoms with E-state index in [1.807, 2.05) is 74.2 Å². The van der Waals surface area contributed by atoms with Gasteiger partial charge < -0.3 is 87.7 Å². The van der Waals surface area contributed by atoms with E-state index in [9.17, 15) is 43.2 Å². The zero-order chi connectivity index (χ0) is 96.1. The molecule has 0 spiro atoms. The number of hydrogen-bond acceptors (Lipinski definition) is 21. The fourth-order valence-electron chi connectivity index (χ4n) is 20.9. The Morgan fingerprint density at radius 2 is 0.809 bits per heavy atom. The van der Waals surface area contributed by atoms with Crippen molar-refractivity contribution in [2.75, 3.05) is 41.0 Å². The van der Waals surface area contributed by atoms with Crippen molar-refractivity contribution in [3.8, 4) is 34.9 Å². The van der Waals surface area contributed by atoms with Crippen LogP contribution in [0.25, 0.3) is 32.7 Å². The van der Waals surface area contributed by atoms with Crippen LogP contribution in [0.1, 0.15) is 230 Å². The van der Waals surface area contributed by atoms with Crippen molar-refractivity contribution in [2.45, 2.75) is 302 Å². The molecular formula is C100H128F6N9O18V3-3. The van der Waals surface area contributed by atoms with Crippen molar-refractivity contribution in [1.82, 2.24) is 45.6 Å². The third-order valence-electron chi connectivity index (χ3n) is 29.2. The van der Waals surface area contributed by atoms with E-state index in [1.54, 1.807) is 89.2 Å². The second kappa shape index (κ2) is 43.1. The summed E-state index contributed by atoms with van der Waals surface area (Å²) >= 11 is 0. The smallest absolute Gasteiger partial charge is 0.408 e. The number of ether oxygens (including phenoxy) is 9. The molecule has 6 bridgehead atoms. The molecule has 16 rings (SSSR count). The van der Waals surface area contributed by atoms with Crippen molar-refractivity contribution in [3.05, 3.63) is 89.5 Å². The average molecular weight is 2010 g/mol. The van der Waals surface area contributed by atoms with Crippen molar-refractivity contribution in [2.24, 2.45) is 63.6 Å². The number of amides is 6. The van der Waals surface area contributed by atoms with Gasteiger partial charge in [0.15, 0.2) is 0 Å². The van der Waals surface area contributed by atoms with E-state index in [0.717, 1.165) is 25.7 Å². The van der Waals surface area contributed by atoms with Gasteiger partial charge in [0, 0.05) is 117 Å². The molecule has 3 radical (unpaired) electrons. The summed E-state index contributed by atoms with van der Waals surface area (Å²) in [6, 6.07) is 13.2. The van der Waals surface area contributed by atoms with Gasteiger partial charge in [0.2, 0.25) is 35.4 Å². The molecular weight excluding hydrogens is 1880 g/mol. The number of carbonyl (C=O) groups excluding carboxylic acids is 9. The molecule has 6 aromatic rings. The summed E-state index contributed by atoms with van der Waals surface area (Å²) in [5, 5.41) is 9.89. The second-order valence-corrected chi connectivity index (χ2v) is 41.5. The van der Waals surface area contributed by atoms with Crippen LogP contribution in [0.2, 0.25) is 0 Å². The standard InChI is InChI=1S/C34H42F2N3O6.C34H44F2N3O6.C32H40F2N3O6.3V.H2/c1-18-26(17-40)39-16-28(18)44-30-24(13-19-9-10-21(43-5)15-25(19)37-30)34(35,36)11-7-6-8-22-23-12-20(23)14-27(22)45-32(42)38-29(31(39)41)33(2,3)4;1-6-23-26(19-40)39-18-28(23)44-30-24(16-21-13-14-22(43-5)17-25(21)37-30)34(35,36)15-8-7-10-20-11-9-12-27(20)45-32(42)38-29(31(39)41)33(2,3)4;1-18-24(17-38)37-16-25(18)42-27-22(13-19-10-11-21(41-6)14-23(19)35-27)32(33,34)12-8-7-9-20-15-31(20,5)43-29(40)36-26(28(37)39)30(2,3)4;;;;/h9-10,13,15,18,20,22-23,26-29H,6-8,11-12,14,16H2,1-5H3,(H,38,42);13-14,16-17,20,23,26-29H,6-12,15,18H2,1-5H3,(H,38,42);10-11,13-14,18,20,24-26H,7-9,12,15-16H2,1-6H3,(H,36,40);;;;1H/q3*-1;;;;/t18-,20?,22+,23?,26+,27+,28-,29+;20-,23+,26-,27-,28+,29-;18-,20+,24+,25-,26+,31+;;;;/m010..../s1. The number of hydrogen-bond donors (Lipinski definition) is 3. The predicted molar refractivity (Wildman–Crippen MR) is 483 cm³/mol. The monoisotopic (exact) mass is 2010 g/mol. The van der Waals surface area contributed by atoms with Crippen LogP contribution in [0.4, 0.5) is 40.7 Å². The van der Waals surface area contributed by atoms with Crippen LogP contribution in [-0.2, 0) is 116 Å². The van der Waals surface area contributed by atoms with Gasteiger partial charge >= 0.3 is 18.3 Å². The zero-order valence-corrected chi connectivity index (χ0v) is 84.3. The Kier molecular flexibility index (Phi) is 34.2. The number of halogens is 6. The van der Waals surface area contributed by atoms with Crippen LogP contribution in [0.15, 0.2) is 72.8 Å². The Bertz CT molecular complexity index is 5350. The Labute approximate surface area is 828 Å². The van der Waals surface area contributed by atoms with E-state index < -0.39 is 167 Å². The van der Waals surface area contributed by atoms with E-state index >= 15 is 26.3 Å². The molecule has 3 aromatic carbocycles. The third-order valence-corrected chi connectivity index (χ3v) is 29.2. The quantitative estimate of drug-likeness (QED) is 0.0759. The van der Waals surface area contributed by atoms with Crippen molar-refractivity contribution in [1.29, 1.82) is 0 Å². The molecule has 136 heavy (non-hydrogen) atoms. The van der Waals surface area contributed by atoms with E-state index in [1.165, 1.54) is 54.2 Å². The number of carbonyl (C=O) groups is 6. The van der Waals surface area contributed by atoms with Gasteiger partial charge in [-0.25, -0.2) is 74.5 Å². The van der Waals surface area contributed by atoms with Crippen molar-refractivity contribution < 1.29 is 169 Å². The van der Waals surface area contributed by atoms with E-state index in [0.29, 0.717) is 120 Å². The predicted octanol–water partition coefficient (Wildman–Crippen LogP) is 17.9. The number of nitrogens with zero attached hydrogens (tertiary/aromatic N) is 6.